The number of nitrogens with zero attached hydrogens (tertiary/aromatic N) is 2. The van der Waals surface area contributed by atoms with Crippen LogP contribution in [-0.2, 0) is 11.3 Å². The maximum absolute atomic E-state index is 12.8. The highest BCUT2D eigenvalue weighted by Crippen LogP contribution is 2.38. The molecule has 1 aromatic carbocycles. The van der Waals surface area contributed by atoms with Crippen molar-refractivity contribution in [1.82, 2.24) is 14.7 Å². The van der Waals surface area contributed by atoms with Gasteiger partial charge in [-0.25, -0.2) is 4.98 Å². The van der Waals surface area contributed by atoms with Crippen molar-refractivity contribution in [3.8, 4) is 11.5 Å². The van der Waals surface area contributed by atoms with E-state index in [9.17, 15) is 4.79 Å². The number of carbonyl (C=O) groups is 1. The van der Waals surface area contributed by atoms with Crippen molar-refractivity contribution in [2.24, 2.45) is 0 Å². The molecule has 0 saturated carbocycles. The topological polar surface area (TPSA) is 78.0 Å². The van der Waals surface area contributed by atoms with Crippen molar-refractivity contribution in [3.63, 3.8) is 0 Å². The highest BCUT2D eigenvalue weighted by atomic mass is 16.7. The minimum absolute atomic E-state index is 0.0717. The number of ether oxygens (including phenoxy) is 2. The van der Waals surface area contributed by atoms with E-state index in [1.807, 2.05) is 55.6 Å². The molecule has 152 valence electrons. The molecule has 0 saturated heterocycles. The van der Waals surface area contributed by atoms with Crippen molar-refractivity contribution < 1.29 is 18.7 Å². The fourth-order valence-electron chi connectivity index (χ4n) is 3.86. The lowest BCUT2D eigenvalue weighted by Gasteiger charge is -2.18. The van der Waals surface area contributed by atoms with E-state index >= 15 is 0 Å². The second-order valence-corrected chi connectivity index (χ2v) is 7.27. The van der Waals surface area contributed by atoms with Crippen molar-refractivity contribution in [2.75, 3.05) is 6.79 Å². The Morgan fingerprint density at radius 2 is 2.07 bits per heavy atom. The van der Waals surface area contributed by atoms with Crippen LogP contribution in [0.1, 0.15) is 35.1 Å². The third kappa shape index (κ3) is 3.39. The maximum Gasteiger partial charge on any atom is 0.231 e. The van der Waals surface area contributed by atoms with Gasteiger partial charge in [-0.3, -0.25) is 4.79 Å². The first-order chi connectivity index (χ1) is 14.7. The smallest absolute Gasteiger partial charge is 0.231 e. The number of hydrogen-bond acceptors (Lipinski definition) is 5. The van der Waals surface area contributed by atoms with Gasteiger partial charge in [-0.2, -0.15) is 0 Å². The van der Waals surface area contributed by atoms with Gasteiger partial charge in [-0.1, -0.05) is 12.1 Å². The molecule has 1 aliphatic heterocycles. The molecular weight excluding hydrogens is 382 g/mol. The molecule has 0 radical (unpaired) electrons. The number of aryl methyl sites for hydroxylation is 1. The zero-order valence-corrected chi connectivity index (χ0v) is 16.5. The third-order valence-corrected chi connectivity index (χ3v) is 5.34. The van der Waals surface area contributed by atoms with Crippen LogP contribution < -0.4 is 14.8 Å². The summed E-state index contributed by atoms with van der Waals surface area (Å²) in [4.78, 5) is 17.4. The van der Waals surface area contributed by atoms with Gasteiger partial charge in [0.25, 0.3) is 0 Å². The Labute approximate surface area is 173 Å². The molecule has 0 aliphatic carbocycles. The minimum Gasteiger partial charge on any atom is -0.467 e. The van der Waals surface area contributed by atoms with Gasteiger partial charge in [0.15, 0.2) is 11.5 Å². The fraction of sp³-hybridized carbons (Fsp3) is 0.217. The number of imidazole rings is 1. The molecule has 0 spiro atoms. The van der Waals surface area contributed by atoms with Crippen LogP contribution in [0.2, 0.25) is 0 Å². The van der Waals surface area contributed by atoms with Gasteiger partial charge in [0.05, 0.1) is 18.5 Å². The Morgan fingerprint density at radius 1 is 1.17 bits per heavy atom. The molecule has 7 heteroatoms. The quantitative estimate of drug-likeness (QED) is 0.530. The Bertz CT molecular complexity index is 1200. The first kappa shape index (κ1) is 18.3. The van der Waals surface area contributed by atoms with Crippen LogP contribution in [0.4, 0.5) is 0 Å². The molecule has 0 fully saturated rings. The van der Waals surface area contributed by atoms with Gasteiger partial charge in [0, 0.05) is 24.2 Å². The minimum atomic E-state index is -0.202. The van der Waals surface area contributed by atoms with Gasteiger partial charge in [-0.15, -0.1) is 0 Å². The number of carbonyl (C=O) groups excluding carboxylic acids is 1. The molecular formula is C23H21N3O4. The van der Waals surface area contributed by atoms with Crippen LogP contribution in [0.25, 0.3) is 5.65 Å². The van der Waals surface area contributed by atoms with Gasteiger partial charge in [-0.05, 0) is 48.9 Å². The molecule has 1 N–H and O–H groups in total. The van der Waals surface area contributed by atoms with E-state index in [1.165, 1.54) is 0 Å². The summed E-state index contributed by atoms with van der Waals surface area (Å²) in [7, 11) is 0. The summed E-state index contributed by atoms with van der Waals surface area (Å²) in [5.74, 6) is 1.85. The number of amides is 1. The normalized spacial score (nSPS) is 13.5. The van der Waals surface area contributed by atoms with E-state index in [-0.39, 0.29) is 25.0 Å². The fourth-order valence-corrected chi connectivity index (χ4v) is 3.86. The zero-order valence-electron chi connectivity index (χ0n) is 16.5. The van der Waals surface area contributed by atoms with Crippen LogP contribution in [0, 0.1) is 6.92 Å². The summed E-state index contributed by atoms with van der Waals surface area (Å²) >= 11 is 0. The summed E-state index contributed by atoms with van der Waals surface area (Å²) < 4.78 is 18.4. The van der Waals surface area contributed by atoms with Gasteiger partial charge >= 0.3 is 0 Å². The molecule has 30 heavy (non-hydrogen) atoms. The number of fused-ring (bicyclic) bond motifs is 2. The SMILES string of the molecule is Cc1cccc2ncc(C(CC(=O)NCc3ccco3)c3ccc4c(c3)OCO4)n12. The molecule has 3 aromatic heterocycles. The first-order valence-electron chi connectivity index (χ1n) is 9.80. The number of pyridine rings is 1. The van der Waals surface area contributed by atoms with E-state index in [0.29, 0.717) is 23.8 Å². The Kier molecular flexibility index (Phi) is 4.63. The van der Waals surface area contributed by atoms with Crippen molar-refractivity contribution >= 4 is 11.6 Å². The second kappa shape index (κ2) is 7.59. The summed E-state index contributed by atoms with van der Waals surface area (Å²) in [6, 6.07) is 15.4. The third-order valence-electron chi connectivity index (χ3n) is 5.34. The lowest BCUT2D eigenvalue weighted by molar-refractivity contribution is -0.121. The number of aromatic nitrogens is 2. The van der Waals surface area contributed by atoms with Gasteiger partial charge < -0.3 is 23.6 Å². The summed E-state index contributed by atoms with van der Waals surface area (Å²) in [6.45, 7) is 2.60. The summed E-state index contributed by atoms with van der Waals surface area (Å²) in [6.07, 6.45) is 3.71. The van der Waals surface area contributed by atoms with Crippen LogP contribution in [0.3, 0.4) is 0 Å². The molecule has 4 aromatic rings. The summed E-state index contributed by atoms with van der Waals surface area (Å²) in [5, 5.41) is 2.94. The average molecular weight is 403 g/mol. The highest BCUT2D eigenvalue weighted by Gasteiger charge is 2.25. The summed E-state index contributed by atoms with van der Waals surface area (Å²) in [5.41, 5.74) is 3.83. The number of benzene rings is 1. The lowest BCUT2D eigenvalue weighted by Crippen LogP contribution is -2.25. The second-order valence-electron chi connectivity index (χ2n) is 7.27. The number of hydrogen-bond donors (Lipinski definition) is 1. The molecule has 0 bridgehead atoms. The predicted octanol–water partition coefficient (Wildman–Crippen LogP) is 3.80. The average Bonchev–Trinajstić information content (AvgIpc) is 3.51. The van der Waals surface area contributed by atoms with Crippen LogP contribution >= 0.6 is 0 Å². The molecule has 1 atom stereocenters. The van der Waals surface area contributed by atoms with Gasteiger partial charge in [0.2, 0.25) is 12.7 Å². The molecule has 5 rings (SSSR count). The van der Waals surface area contributed by atoms with Crippen LogP contribution in [0.5, 0.6) is 11.5 Å². The number of nitrogens with one attached hydrogen (secondary N) is 1. The monoisotopic (exact) mass is 403 g/mol. The molecule has 7 nitrogen and oxygen atoms in total. The largest absolute Gasteiger partial charge is 0.467 e. The molecule has 1 unspecified atom stereocenters. The molecule has 1 amide bonds. The molecule has 1 aliphatic rings. The Hall–Kier alpha value is -3.74. The number of rotatable bonds is 6. The zero-order chi connectivity index (χ0) is 20.5. The van der Waals surface area contributed by atoms with E-state index < -0.39 is 0 Å². The predicted molar refractivity (Wildman–Crippen MR) is 110 cm³/mol. The van der Waals surface area contributed by atoms with E-state index in [1.54, 1.807) is 12.3 Å². The standard InChI is InChI=1S/C23H21N3O4/c1-15-4-2-6-22-24-13-19(26(15)22)18(11-23(27)25-12-17-5-3-9-28-17)16-7-8-20-21(10-16)30-14-29-20/h2-10,13,18H,11-12,14H2,1H3,(H,25,27). The maximum atomic E-state index is 12.8. The van der Waals surface area contributed by atoms with Gasteiger partial charge in [0.1, 0.15) is 11.4 Å². The Morgan fingerprint density at radius 3 is 2.93 bits per heavy atom. The van der Waals surface area contributed by atoms with E-state index in [0.717, 1.165) is 22.6 Å². The highest BCUT2D eigenvalue weighted by molar-refractivity contribution is 5.77. The van der Waals surface area contributed by atoms with E-state index in [4.69, 9.17) is 13.9 Å². The first-order valence-corrected chi connectivity index (χ1v) is 9.80. The van der Waals surface area contributed by atoms with Crippen molar-refractivity contribution in [1.29, 1.82) is 0 Å². The lowest BCUT2D eigenvalue weighted by atomic mass is 9.92. The van der Waals surface area contributed by atoms with Crippen molar-refractivity contribution in [3.05, 3.63) is 83.7 Å². The number of furan rings is 1. The molecule has 4 heterocycles. The van der Waals surface area contributed by atoms with Crippen LogP contribution in [-0.4, -0.2) is 22.1 Å². The van der Waals surface area contributed by atoms with E-state index in [2.05, 4.69) is 14.7 Å². The van der Waals surface area contributed by atoms with Crippen molar-refractivity contribution in [2.45, 2.75) is 25.8 Å². The van der Waals surface area contributed by atoms with Crippen LogP contribution in [0.15, 0.2) is 65.4 Å². The Balaban J connectivity index is 1.49.